The molecule has 2 heterocycles. The van der Waals surface area contributed by atoms with E-state index in [2.05, 4.69) is 5.32 Å². The van der Waals surface area contributed by atoms with Crippen LogP contribution in [0, 0.1) is 0 Å². The number of rotatable bonds is 3. The number of nitrogens with zero attached hydrogens (tertiary/aromatic N) is 3. The number of carbonyl (C=O) groups is 3. The van der Waals surface area contributed by atoms with Crippen LogP contribution >= 0.6 is 0 Å². The summed E-state index contributed by atoms with van der Waals surface area (Å²) in [6, 6.07) is -0.0918. The molecule has 2 aliphatic rings. The normalized spacial score (nSPS) is 24.3. The van der Waals surface area contributed by atoms with Crippen LogP contribution in [0.1, 0.15) is 12.8 Å². The van der Waals surface area contributed by atoms with Gasteiger partial charge in [0.25, 0.3) is 5.91 Å². The van der Waals surface area contributed by atoms with Crippen molar-refractivity contribution >= 4 is 17.8 Å². The van der Waals surface area contributed by atoms with E-state index in [4.69, 9.17) is 0 Å². The molecule has 2 aliphatic heterocycles. The summed E-state index contributed by atoms with van der Waals surface area (Å²) in [4.78, 5) is 39.5. The average molecular weight is 268 g/mol. The smallest absolute Gasteiger partial charge is 0.327 e. The first-order valence-corrected chi connectivity index (χ1v) is 6.53. The third kappa shape index (κ3) is 2.86. The number of amides is 4. The summed E-state index contributed by atoms with van der Waals surface area (Å²) in [6.45, 7) is 1.26. The van der Waals surface area contributed by atoms with E-state index in [-0.39, 0.29) is 30.9 Å². The van der Waals surface area contributed by atoms with Crippen LogP contribution < -0.4 is 5.32 Å². The average Bonchev–Trinajstić information content (AvgIpc) is 2.65. The molecule has 0 aliphatic carbocycles. The van der Waals surface area contributed by atoms with Crippen molar-refractivity contribution < 1.29 is 14.4 Å². The molecule has 0 aromatic heterocycles. The fourth-order valence-corrected chi connectivity index (χ4v) is 2.50. The third-order valence-electron chi connectivity index (χ3n) is 3.71. The van der Waals surface area contributed by atoms with Gasteiger partial charge in [-0.2, -0.15) is 0 Å². The first-order chi connectivity index (χ1) is 9.02. The van der Waals surface area contributed by atoms with Gasteiger partial charge in [0.1, 0.15) is 13.1 Å². The van der Waals surface area contributed by atoms with Crippen molar-refractivity contribution in [1.29, 1.82) is 0 Å². The summed E-state index contributed by atoms with van der Waals surface area (Å²) in [5.41, 5.74) is 0. The van der Waals surface area contributed by atoms with E-state index in [9.17, 15) is 14.4 Å². The van der Waals surface area contributed by atoms with Gasteiger partial charge < -0.3 is 15.1 Å². The first kappa shape index (κ1) is 13.8. The van der Waals surface area contributed by atoms with Gasteiger partial charge in [-0.3, -0.25) is 14.5 Å². The van der Waals surface area contributed by atoms with Crippen molar-refractivity contribution in [1.82, 2.24) is 20.0 Å². The Hall–Kier alpha value is -1.63. The molecule has 1 atom stereocenters. The number of urea groups is 1. The zero-order chi connectivity index (χ0) is 14.0. The number of piperidine rings is 1. The van der Waals surface area contributed by atoms with E-state index in [0.29, 0.717) is 19.1 Å². The molecule has 0 aromatic carbocycles. The van der Waals surface area contributed by atoms with Crippen molar-refractivity contribution in [2.75, 3.05) is 40.3 Å². The number of carbonyl (C=O) groups excluding carboxylic acids is 3. The van der Waals surface area contributed by atoms with Crippen molar-refractivity contribution in [3.8, 4) is 0 Å². The quantitative estimate of drug-likeness (QED) is 0.673. The fraction of sp³-hybridized carbons (Fsp3) is 0.750. The van der Waals surface area contributed by atoms with Crippen molar-refractivity contribution in [2.24, 2.45) is 0 Å². The summed E-state index contributed by atoms with van der Waals surface area (Å²) in [5, 5.41) is 3.16. The molecule has 1 unspecified atom stereocenters. The van der Waals surface area contributed by atoms with E-state index >= 15 is 0 Å². The van der Waals surface area contributed by atoms with E-state index < -0.39 is 0 Å². The molecule has 7 heteroatoms. The van der Waals surface area contributed by atoms with Gasteiger partial charge in [0.15, 0.2) is 0 Å². The van der Waals surface area contributed by atoms with Crippen LogP contribution in [0.15, 0.2) is 0 Å². The SMILES string of the molecule is CNC1CCCN(C(=O)CN2C(=O)CN(C)C2=O)C1. The zero-order valence-corrected chi connectivity index (χ0v) is 11.4. The highest BCUT2D eigenvalue weighted by atomic mass is 16.2. The Balaban J connectivity index is 1.94. The topological polar surface area (TPSA) is 73.0 Å². The maximum absolute atomic E-state index is 12.1. The number of likely N-dealkylation sites (tertiary alicyclic amines) is 1. The Morgan fingerprint density at radius 1 is 1.42 bits per heavy atom. The lowest BCUT2D eigenvalue weighted by Crippen LogP contribution is -2.50. The first-order valence-electron chi connectivity index (χ1n) is 6.53. The van der Waals surface area contributed by atoms with Gasteiger partial charge in [0.2, 0.25) is 5.91 Å². The Labute approximate surface area is 112 Å². The summed E-state index contributed by atoms with van der Waals surface area (Å²) in [7, 11) is 3.43. The predicted octanol–water partition coefficient (Wildman–Crippen LogP) is -0.909. The van der Waals surface area contributed by atoms with Crippen molar-refractivity contribution in [3.05, 3.63) is 0 Å². The van der Waals surface area contributed by atoms with Crippen LogP contribution in [0.4, 0.5) is 4.79 Å². The van der Waals surface area contributed by atoms with Gasteiger partial charge in [0.05, 0.1) is 0 Å². The van der Waals surface area contributed by atoms with E-state index in [1.165, 1.54) is 4.90 Å². The molecule has 0 radical (unpaired) electrons. The monoisotopic (exact) mass is 268 g/mol. The summed E-state index contributed by atoms with van der Waals surface area (Å²) in [6.07, 6.45) is 1.99. The van der Waals surface area contributed by atoms with Crippen LogP contribution in [0.3, 0.4) is 0 Å². The van der Waals surface area contributed by atoms with Crippen LogP contribution in [0.2, 0.25) is 0 Å². The van der Waals surface area contributed by atoms with Crippen LogP contribution in [0.5, 0.6) is 0 Å². The lowest BCUT2D eigenvalue weighted by molar-refractivity contribution is -0.137. The van der Waals surface area contributed by atoms with E-state index in [1.807, 2.05) is 7.05 Å². The minimum Gasteiger partial charge on any atom is -0.340 e. The molecule has 2 fully saturated rings. The molecule has 4 amide bonds. The lowest BCUT2D eigenvalue weighted by Gasteiger charge is -2.33. The molecular weight excluding hydrogens is 248 g/mol. The lowest BCUT2D eigenvalue weighted by atomic mass is 10.1. The van der Waals surface area contributed by atoms with Gasteiger partial charge in [0, 0.05) is 26.2 Å². The molecule has 0 saturated carbocycles. The van der Waals surface area contributed by atoms with Crippen molar-refractivity contribution in [2.45, 2.75) is 18.9 Å². The summed E-state index contributed by atoms with van der Waals surface area (Å²) < 4.78 is 0. The molecule has 0 aromatic rings. The van der Waals surface area contributed by atoms with Crippen LogP contribution in [-0.2, 0) is 9.59 Å². The second-order valence-electron chi connectivity index (χ2n) is 5.09. The second-order valence-corrected chi connectivity index (χ2v) is 5.09. The second kappa shape index (κ2) is 5.56. The number of imide groups is 1. The minimum absolute atomic E-state index is 0.0608. The molecule has 7 nitrogen and oxygen atoms in total. The Morgan fingerprint density at radius 3 is 2.74 bits per heavy atom. The maximum Gasteiger partial charge on any atom is 0.327 e. The maximum atomic E-state index is 12.1. The third-order valence-corrected chi connectivity index (χ3v) is 3.71. The molecule has 1 N–H and O–H groups in total. The Morgan fingerprint density at radius 2 is 2.16 bits per heavy atom. The van der Waals surface area contributed by atoms with Gasteiger partial charge in [-0.1, -0.05) is 0 Å². The molecule has 106 valence electrons. The fourth-order valence-electron chi connectivity index (χ4n) is 2.50. The highest BCUT2D eigenvalue weighted by Gasteiger charge is 2.36. The highest BCUT2D eigenvalue weighted by Crippen LogP contribution is 2.12. The largest absolute Gasteiger partial charge is 0.340 e. The predicted molar refractivity (Wildman–Crippen MR) is 68.4 cm³/mol. The molecule has 2 saturated heterocycles. The number of nitrogens with one attached hydrogen (secondary N) is 1. The van der Waals surface area contributed by atoms with Gasteiger partial charge >= 0.3 is 6.03 Å². The van der Waals surface area contributed by atoms with Gasteiger partial charge in [-0.05, 0) is 19.9 Å². The minimum atomic E-state index is -0.388. The summed E-state index contributed by atoms with van der Waals surface area (Å²) >= 11 is 0. The van der Waals surface area contributed by atoms with E-state index in [1.54, 1.807) is 11.9 Å². The van der Waals surface area contributed by atoms with Crippen LogP contribution in [-0.4, -0.2) is 78.9 Å². The molecule has 0 spiro atoms. The molecular formula is C12H20N4O3. The summed E-state index contributed by atoms with van der Waals surface area (Å²) in [5.74, 6) is -0.458. The zero-order valence-electron chi connectivity index (χ0n) is 11.4. The molecule has 19 heavy (non-hydrogen) atoms. The number of likely N-dealkylation sites (N-methyl/N-ethyl adjacent to an activating group) is 2. The number of hydrogen-bond donors (Lipinski definition) is 1. The Bertz CT molecular complexity index is 398. The van der Waals surface area contributed by atoms with Crippen molar-refractivity contribution in [3.63, 3.8) is 0 Å². The number of hydrogen-bond acceptors (Lipinski definition) is 4. The van der Waals surface area contributed by atoms with Gasteiger partial charge in [-0.25, -0.2) is 4.79 Å². The van der Waals surface area contributed by atoms with Gasteiger partial charge in [-0.15, -0.1) is 0 Å². The molecule has 2 rings (SSSR count). The Kier molecular flexibility index (Phi) is 4.04. The van der Waals surface area contributed by atoms with Crippen LogP contribution in [0.25, 0.3) is 0 Å². The highest BCUT2D eigenvalue weighted by molar-refractivity contribution is 6.04. The standard InChI is InChI=1S/C12H20N4O3/c1-13-9-4-3-5-15(6-9)10(17)8-16-11(18)7-14(2)12(16)19/h9,13H,3-8H2,1-2H3. The van der Waals surface area contributed by atoms with E-state index in [0.717, 1.165) is 17.7 Å². The molecule has 0 bridgehead atoms.